The molecule has 1 heterocycles. The smallest absolute Gasteiger partial charge is 0.326 e. The van der Waals surface area contributed by atoms with Crippen molar-refractivity contribution in [2.24, 2.45) is 0 Å². The van der Waals surface area contributed by atoms with E-state index in [1.54, 1.807) is 12.1 Å². The highest BCUT2D eigenvalue weighted by atomic mass is 35.5. The van der Waals surface area contributed by atoms with Gasteiger partial charge in [-0.25, -0.2) is 4.79 Å². The van der Waals surface area contributed by atoms with Crippen LogP contribution >= 0.6 is 23.2 Å². The fourth-order valence-electron chi connectivity index (χ4n) is 2.04. The molecule has 1 unspecified atom stereocenters. The van der Waals surface area contributed by atoms with Gasteiger partial charge in [0.15, 0.2) is 0 Å². The molecule has 0 aliphatic heterocycles. The van der Waals surface area contributed by atoms with Crippen LogP contribution < -0.4 is 16.6 Å². The maximum absolute atomic E-state index is 12.0. The van der Waals surface area contributed by atoms with Crippen LogP contribution in [0.2, 0.25) is 10.0 Å². The van der Waals surface area contributed by atoms with Crippen LogP contribution in [-0.2, 0) is 6.42 Å². The molecular formula is C15H15Cl2N3O3. The summed E-state index contributed by atoms with van der Waals surface area (Å²) in [4.78, 5) is 38.6. The molecule has 0 aliphatic rings. The molecule has 0 radical (unpaired) electrons. The van der Waals surface area contributed by atoms with Crippen molar-refractivity contribution >= 4 is 29.1 Å². The largest absolute Gasteiger partial charge is 0.348 e. The zero-order valence-corrected chi connectivity index (χ0v) is 13.8. The molecule has 6 nitrogen and oxygen atoms in total. The van der Waals surface area contributed by atoms with E-state index in [4.69, 9.17) is 23.2 Å². The van der Waals surface area contributed by atoms with Crippen LogP contribution in [0.3, 0.4) is 0 Å². The Labute approximate surface area is 141 Å². The van der Waals surface area contributed by atoms with E-state index in [1.165, 1.54) is 0 Å². The predicted molar refractivity (Wildman–Crippen MR) is 89.4 cm³/mol. The van der Waals surface area contributed by atoms with Gasteiger partial charge in [0.05, 0.1) is 10.0 Å². The third-order valence-corrected chi connectivity index (χ3v) is 3.97. The van der Waals surface area contributed by atoms with E-state index in [9.17, 15) is 14.4 Å². The number of benzene rings is 1. The Bertz CT molecular complexity index is 801. The van der Waals surface area contributed by atoms with E-state index in [2.05, 4.69) is 10.3 Å². The average Bonchev–Trinajstić information content (AvgIpc) is 2.47. The highest BCUT2D eigenvalue weighted by molar-refractivity contribution is 6.42. The minimum atomic E-state index is -0.717. The second-order valence-electron chi connectivity index (χ2n) is 5.16. The Hall–Kier alpha value is -2.05. The summed E-state index contributed by atoms with van der Waals surface area (Å²) in [5.41, 5.74) is -0.404. The van der Waals surface area contributed by atoms with E-state index in [0.29, 0.717) is 22.9 Å². The topological polar surface area (TPSA) is 94.8 Å². The highest BCUT2D eigenvalue weighted by Gasteiger charge is 2.12. The minimum absolute atomic E-state index is 0.0693. The number of carbonyl (C=O) groups is 1. The van der Waals surface area contributed by atoms with Gasteiger partial charge in [0.1, 0.15) is 5.69 Å². The molecule has 2 rings (SSSR count). The van der Waals surface area contributed by atoms with Crippen molar-refractivity contribution in [1.82, 2.24) is 15.3 Å². The van der Waals surface area contributed by atoms with Gasteiger partial charge in [-0.3, -0.25) is 14.6 Å². The molecular weight excluding hydrogens is 341 g/mol. The second kappa shape index (κ2) is 7.48. The number of H-pyrrole nitrogens is 2. The van der Waals surface area contributed by atoms with Gasteiger partial charge in [0.2, 0.25) is 0 Å². The number of hydrogen-bond acceptors (Lipinski definition) is 3. The maximum Gasteiger partial charge on any atom is 0.326 e. The Morgan fingerprint density at radius 2 is 1.91 bits per heavy atom. The number of carbonyl (C=O) groups excluding carboxylic acids is 1. The van der Waals surface area contributed by atoms with Gasteiger partial charge < -0.3 is 10.3 Å². The summed E-state index contributed by atoms with van der Waals surface area (Å²) in [6, 6.07) is 6.27. The average molecular weight is 356 g/mol. The van der Waals surface area contributed by atoms with Crippen LogP contribution in [0, 0.1) is 0 Å². The van der Waals surface area contributed by atoms with Gasteiger partial charge >= 0.3 is 5.69 Å². The van der Waals surface area contributed by atoms with Crippen LogP contribution in [0.4, 0.5) is 0 Å². The highest BCUT2D eigenvalue weighted by Crippen LogP contribution is 2.23. The van der Waals surface area contributed by atoms with E-state index >= 15 is 0 Å². The lowest BCUT2D eigenvalue weighted by Gasteiger charge is -2.14. The summed E-state index contributed by atoms with van der Waals surface area (Å²) < 4.78 is 0. The first-order chi connectivity index (χ1) is 10.8. The molecule has 1 aromatic heterocycles. The number of aromatic amines is 2. The molecule has 0 fully saturated rings. The Morgan fingerprint density at radius 1 is 1.17 bits per heavy atom. The van der Waals surface area contributed by atoms with Crippen LogP contribution in [-0.4, -0.2) is 21.9 Å². The van der Waals surface area contributed by atoms with E-state index in [-0.39, 0.29) is 11.7 Å². The molecule has 0 aliphatic carbocycles. The zero-order chi connectivity index (χ0) is 17.0. The zero-order valence-electron chi connectivity index (χ0n) is 12.3. The van der Waals surface area contributed by atoms with Crippen molar-refractivity contribution < 1.29 is 4.79 Å². The lowest BCUT2D eigenvalue weighted by atomic mass is 10.1. The maximum atomic E-state index is 12.0. The van der Waals surface area contributed by atoms with Gasteiger partial charge in [-0.2, -0.15) is 0 Å². The molecule has 0 spiro atoms. The van der Waals surface area contributed by atoms with Gasteiger partial charge in [-0.1, -0.05) is 29.3 Å². The van der Waals surface area contributed by atoms with Crippen molar-refractivity contribution in [3.63, 3.8) is 0 Å². The first-order valence-electron chi connectivity index (χ1n) is 6.93. The van der Waals surface area contributed by atoms with Crippen molar-refractivity contribution in [2.75, 3.05) is 0 Å². The van der Waals surface area contributed by atoms with E-state index in [1.807, 2.05) is 18.0 Å². The summed E-state index contributed by atoms with van der Waals surface area (Å²) in [5, 5.41) is 3.71. The lowest BCUT2D eigenvalue weighted by Crippen LogP contribution is -2.36. The predicted octanol–water partition coefficient (Wildman–Crippen LogP) is 2.12. The number of nitrogens with one attached hydrogen (secondary N) is 3. The van der Waals surface area contributed by atoms with Gasteiger partial charge in [-0.05, 0) is 37.5 Å². The number of hydrogen-bond donors (Lipinski definition) is 3. The number of amides is 1. The summed E-state index contributed by atoms with van der Waals surface area (Å²) >= 11 is 11.8. The second-order valence-corrected chi connectivity index (χ2v) is 5.98. The Morgan fingerprint density at radius 3 is 2.57 bits per heavy atom. The summed E-state index contributed by atoms with van der Waals surface area (Å²) in [6.45, 7) is 1.83. The Balaban J connectivity index is 1.94. The van der Waals surface area contributed by atoms with Crippen LogP contribution in [0.1, 0.15) is 29.4 Å². The molecule has 1 atom stereocenters. The first-order valence-corrected chi connectivity index (χ1v) is 7.69. The molecule has 0 saturated carbocycles. The molecule has 2 aromatic rings. The van der Waals surface area contributed by atoms with Gasteiger partial charge in [-0.15, -0.1) is 0 Å². The van der Waals surface area contributed by atoms with Crippen LogP contribution in [0.25, 0.3) is 0 Å². The summed E-state index contributed by atoms with van der Waals surface area (Å²) in [6.07, 6.45) is 1.36. The number of rotatable bonds is 5. The molecule has 0 saturated heterocycles. The Kier molecular flexibility index (Phi) is 5.63. The summed E-state index contributed by atoms with van der Waals surface area (Å²) in [7, 11) is 0. The van der Waals surface area contributed by atoms with Gasteiger partial charge in [0, 0.05) is 12.1 Å². The molecule has 0 bridgehead atoms. The number of aryl methyl sites for hydroxylation is 1. The fraction of sp³-hybridized carbons (Fsp3) is 0.267. The monoisotopic (exact) mass is 355 g/mol. The molecule has 8 heteroatoms. The normalized spacial score (nSPS) is 12.0. The van der Waals surface area contributed by atoms with Crippen LogP contribution in [0.15, 0.2) is 33.9 Å². The third-order valence-electron chi connectivity index (χ3n) is 3.23. The minimum Gasteiger partial charge on any atom is -0.348 e. The van der Waals surface area contributed by atoms with E-state index < -0.39 is 17.2 Å². The summed E-state index contributed by atoms with van der Waals surface area (Å²) in [5.74, 6) is -0.505. The van der Waals surface area contributed by atoms with Crippen molar-refractivity contribution in [3.05, 3.63) is 66.4 Å². The molecule has 122 valence electrons. The van der Waals surface area contributed by atoms with Crippen molar-refractivity contribution in [1.29, 1.82) is 0 Å². The van der Waals surface area contributed by atoms with Crippen LogP contribution in [0.5, 0.6) is 0 Å². The number of aromatic nitrogens is 2. The number of halogens is 2. The van der Waals surface area contributed by atoms with E-state index in [0.717, 1.165) is 11.6 Å². The lowest BCUT2D eigenvalue weighted by molar-refractivity contribution is 0.0932. The molecule has 1 aromatic carbocycles. The van der Waals surface area contributed by atoms with Crippen molar-refractivity contribution in [3.8, 4) is 0 Å². The third kappa shape index (κ3) is 4.97. The SMILES string of the molecule is CC(CCc1ccc(Cl)c(Cl)c1)NC(=O)c1cc(=O)[nH]c(=O)[nH]1. The van der Waals surface area contributed by atoms with Gasteiger partial charge in [0.25, 0.3) is 11.5 Å². The standard InChI is InChI=1S/C15H15Cl2N3O3/c1-8(2-3-9-4-5-10(16)11(17)6-9)18-14(22)12-7-13(21)20-15(23)19-12/h4-8H,2-3H2,1H3,(H,18,22)(H2,19,20,21,23). The molecule has 23 heavy (non-hydrogen) atoms. The molecule has 3 N–H and O–H groups in total. The molecule has 1 amide bonds. The quantitative estimate of drug-likeness (QED) is 0.766. The fourth-order valence-corrected chi connectivity index (χ4v) is 2.36. The van der Waals surface area contributed by atoms with Crippen molar-refractivity contribution in [2.45, 2.75) is 25.8 Å². The first kappa shape index (κ1) is 17.3.